The van der Waals surface area contributed by atoms with Gasteiger partial charge in [-0.05, 0) is 47.5 Å². The maximum atomic E-state index is 2.31. The molecule has 0 fully saturated rings. The quantitative estimate of drug-likeness (QED) is 0.170. The molecule has 0 saturated carbocycles. The zero-order valence-electron chi connectivity index (χ0n) is 24.9. The minimum absolute atomic E-state index is 0. The number of halogens is 2. The summed E-state index contributed by atoms with van der Waals surface area (Å²) in [6.45, 7) is 8.61. The average molecular weight is 685 g/mol. The molecule has 2 nitrogen and oxygen atoms in total. The van der Waals surface area contributed by atoms with Crippen molar-refractivity contribution in [3.8, 4) is 22.3 Å². The molecule has 0 amide bonds. The second kappa shape index (κ2) is 13.8. The first kappa shape index (κ1) is 33.9. The summed E-state index contributed by atoms with van der Waals surface area (Å²) in [5.74, 6) is 0. The second-order valence-electron chi connectivity index (χ2n) is 10.6. The molecule has 0 unspecified atom stereocenters. The topological polar surface area (TPSA) is 9.86 Å². The van der Waals surface area contributed by atoms with Gasteiger partial charge in [0.25, 0.3) is 0 Å². The van der Waals surface area contributed by atoms with Crippen LogP contribution in [0.3, 0.4) is 0 Å². The van der Waals surface area contributed by atoms with Crippen LogP contribution in [0, 0.1) is 13.8 Å². The van der Waals surface area contributed by atoms with Crippen molar-refractivity contribution < 1.29 is 51.0 Å². The van der Waals surface area contributed by atoms with E-state index in [1.807, 2.05) is 0 Å². The molecule has 2 radical (unpaired) electrons. The summed E-state index contributed by atoms with van der Waals surface area (Å²) in [5.41, 5.74) is 13.3. The molecule has 0 saturated heterocycles. The van der Waals surface area contributed by atoms with Crippen LogP contribution in [0.1, 0.15) is 11.1 Å². The molecule has 0 spiro atoms. The van der Waals surface area contributed by atoms with E-state index in [1.54, 1.807) is 0 Å². The van der Waals surface area contributed by atoms with Crippen molar-refractivity contribution in [1.82, 2.24) is 9.13 Å². The van der Waals surface area contributed by atoms with Gasteiger partial charge in [-0.25, -0.2) is 0 Å². The normalized spacial score (nSPS) is 10.6. The molecule has 2 aromatic carbocycles. The van der Waals surface area contributed by atoms with Crippen LogP contribution in [0.25, 0.3) is 65.9 Å². The SMILES string of the molecule is C[Si]C.Cc1ccc2c(c1)c1cc3[cH-]cccc-3c1n2C.Cc1ccc2c(c1)c1cc3[cH-]cccc-3c1n2C.[Cl-].[Cl-].[Zr+4]. The summed E-state index contributed by atoms with van der Waals surface area (Å²) < 4.78 is 4.62. The summed E-state index contributed by atoms with van der Waals surface area (Å²) >= 11 is 0. The average Bonchev–Trinajstić information content (AvgIpc) is 3.64. The molecular weight excluding hydrogens is 651 g/mol. The predicted octanol–water partition coefficient (Wildman–Crippen LogP) is 3.72. The van der Waals surface area contributed by atoms with Crippen molar-refractivity contribution in [3.63, 3.8) is 0 Å². The summed E-state index contributed by atoms with van der Waals surface area (Å²) in [7, 11) is 5.40. The monoisotopic (exact) mass is 682 g/mol. The van der Waals surface area contributed by atoms with Crippen molar-refractivity contribution in [2.24, 2.45) is 14.1 Å². The summed E-state index contributed by atoms with van der Waals surface area (Å²) in [4.78, 5) is 0. The van der Waals surface area contributed by atoms with E-state index in [0.29, 0.717) is 0 Å². The van der Waals surface area contributed by atoms with Gasteiger partial charge in [0.15, 0.2) is 0 Å². The van der Waals surface area contributed by atoms with Crippen LogP contribution in [0.15, 0.2) is 97.1 Å². The molecule has 2 aromatic heterocycles. The fraction of sp³-hybridized carbons (Fsp3) is 0.167. The minimum Gasteiger partial charge on any atom is -1.00 e. The fourth-order valence-corrected chi connectivity index (χ4v) is 6.11. The van der Waals surface area contributed by atoms with E-state index in [2.05, 4.69) is 147 Å². The van der Waals surface area contributed by atoms with Crippen LogP contribution in [-0.4, -0.2) is 18.7 Å². The van der Waals surface area contributed by atoms with Gasteiger partial charge in [0.2, 0.25) is 0 Å². The Hall–Kier alpha value is -2.62. The zero-order valence-corrected chi connectivity index (χ0v) is 29.9. The number of hydrogen-bond donors (Lipinski definition) is 0. The summed E-state index contributed by atoms with van der Waals surface area (Å²) in [6, 6.07) is 35.3. The second-order valence-corrected chi connectivity index (χ2v) is 11.6. The molecule has 4 aliphatic rings. The predicted molar refractivity (Wildman–Crippen MR) is 172 cm³/mol. The van der Waals surface area contributed by atoms with Gasteiger partial charge in [-0.2, -0.15) is 0 Å². The molecule has 4 aliphatic carbocycles. The summed E-state index contributed by atoms with van der Waals surface area (Å²) in [5, 5.41) is 5.47. The number of aryl methyl sites for hydroxylation is 4. The third-order valence-electron chi connectivity index (χ3n) is 7.82. The van der Waals surface area contributed by atoms with Crippen LogP contribution < -0.4 is 24.8 Å². The van der Waals surface area contributed by atoms with Gasteiger partial charge in [0.1, 0.15) is 0 Å². The van der Waals surface area contributed by atoms with Crippen molar-refractivity contribution >= 4 is 53.1 Å². The van der Waals surface area contributed by atoms with E-state index in [0.717, 1.165) is 9.52 Å². The molecule has 6 heteroatoms. The Kier molecular flexibility index (Phi) is 11.1. The van der Waals surface area contributed by atoms with Gasteiger partial charge < -0.3 is 33.9 Å². The Morgan fingerprint density at radius 2 is 0.952 bits per heavy atom. The van der Waals surface area contributed by atoms with E-state index >= 15 is 0 Å². The molecule has 210 valence electrons. The third-order valence-corrected chi connectivity index (χ3v) is 7.82. The van der Waals surface area contributed by atoms with E-state index in [-0.39, 0.29) is 51.0 Å². The number of hydrogen-bond acceptors (Lipinski definition) is 0. The number of rotatable bonds is 0. The van der Waals surface area contributed by atoms with Gasteiger partial charge in [0, 0.05) is 45.7 Å². The minimum atomic E-state index is 0. The molecule has 4 aromatic rings. The number of fused-ring (bicyclic) bond motifs is 10. The largest absolute Gasteiger partial charge is 4.00 e. The van der Waals surface area contributed by atoms with Crippen LogP contribution in [-0.2, 0) is 40.3 Å². The van der Waals surface area contributed by atoms with Crippen LogP contribution in [0.4, 0.5) is 0 Å². The van der Waals surface area contributed by atoms with E-state index in [4.69, 9.17) is 0 Å². The van der Waals surface area contributed by atoms with Gasteiger partial charge in [-0.1, -0.05) is 59.6 Å². The first-order valence-electron chi connectivity index (χ1n) is 13.6. The van der Waals surface area contributed by atoms with Gasteiger partial charge in [-0.15, -0.1) is 71.8 Å². The Labute approximate surface area is 282 Å². The van der Waals surface area contributed by atoms with Crippen molar-refractivity contribution in [2.45, 2.75) is 26.9 Å². The first-order chi connectivity index (χ1) is 18.9. The Bertz CT molecular complexity index is 1880. The molecular formula is C36H34Cl2N2SiZr. The van der Waals surface area contributed by atoms with E-state index < -0.39 is 0 Å². The fourth-order valence-electron chi connectivity index (χ4n) is 6.11. The maximum absolute atomic E-state index is 2.31. The molecule has 0 atom stereocenters. The molecule has 0 bridgehead atoms. The molecule has 8 rings (SSSR count). The molecule has 2 heterocycles. The zero-order chi connectivity index (χ0) is 27.3. The third kappa shape index (κ3) is 5.67. The van der Waals surface area contributed by atoms with Gasteiger partial charge in [0.05, 0.1) is 0 Å². The Balaban J connectivity index is 0.000000198. The van der Waals surface area contributed by atoms with Crippen LogP contribution >= 0.6 is 0 Å². The Morgan fingerprint density at radius 1 is 0.571 bits per heavy atom. The van der Waals surface area contributed by atoms with Crippen molar-refractivity contribution in [1.29, 1.82) is 0 Å². The van der Waals surface area contributed by atoms with Crippen molar-refractivity contribution in [2.75, 3.05) is 0 Å². The summed E-state index contributed by atoms with van der Waals surface area (Å²) in [6.07, 6.45) is 0. The number of aromatic nitrogens is 2. The van der Waals surface area contributed by atoms with E-state index in [9.17, 15) is 0 Å². The number of benzene rings is 4. The molecule has 0 N–H and O–H groups in total. The van der Waals surface area contributed by atoms with Crippen LogP contribution in [0.5, 0.6) is 0 Å². The number of nitrogens with zero attached hydrogens (tertiary/aromatic N) is 2. The maximum Gasteiger partial charge on any atom is 4.00 e. The molecule has 0 aliphatic heterocycles. The van der Waals surface area contributed by atoms with E-state index in [1.165, 1.54) is 77.0 Å². The van der Waals surface area contributed by atoms with Gasteiger partial charge in [-0.3, -0.25) is 0 Å². The molecule has 42 heavy (non-hydrogen) atoms. The van der Waals surface area contributed by atoms with Gasteiger partial charge >= 0.3 is 26.2 Å². The Morgan fingerprint density at radius 3 is 1.33 bits per heavy atom. The van der Waals surface area contributed by atoms with Crippen LogP contribution in [0.2, 0.25) is 13.1 Å². The first-order valence-corrected chi connectivity index (χ1v) is 15.6. The van der Waals surface area contributed by atoms with Crippen molar-refractivity contribution in [3.05, 3.63) is 108 Å². The standard InChI is InChI=1S/2C17H14N.C2H6Si.2ClH.Zr/c2*1-11-7-8-16-14(9-11)15-10-12-5-3-4-6-13(12)17(15)18(16)2;1-3-2;;;/h2*3-10H,1-2H3;1-2H3;2*1H;/q2*-1;;;;+4/p-2. The smallest absolute Gasteiger partial charge is 1.00 e.